The van der Waals surface area contributed by atoms with Crippen LogP contribution in [-0.2, 0) is 21.2 Å². The minimum Gasteiger partial charge on any atom is -0.273 e. The zero-order valence-corrected chi connectivity index (χ0v) is 14.9. The average Bonchev–Trinajstić information content (AvgIpc) is 3.00. The van der Waals surface area contributed by atoms with Crippen LogP contribution in [0, 0.1) is 5.92 Å². The molecule has 1 aliphatic heterocycles. The van der Waals surface area contributed by atoms with E-state index in [-0.39, 0.29) is 35.7 Å². The Morgan fingerprint density at radius 1 is 1.23 bits per heavy atom. The minimum absolute atomic E-state index is 0.00129. The third kappa shape index (κ3) is 3.45. The number of nitrogens with zero attached hydrogens (tertiary/aromatic N) is 2. The highest BCUT2D eigenvalue weighted by molar-refractivity contribution is 7.91. The summed E-state index contributed by atoms with van der Waals surface area (Å²) >= 11 is 0. The Morgan fingerprint density at radius 3 is 2.54 bits per heavy atom. The summed E-state index contributed by atoms with van der Waals surface area (Å²) in [6.45, 7) is 2.02. The molecule has 1 saturated heterocycles. The first-order valence-electron chi connectivity index (χ1n) is 8.13. The second kappa shape index (κ2) is 6.87. The van der Waals surface area contributed by atoms with E-state index in [2.05, 4.69) is 16.0 Å². The number of nitrogens with one attached hydrogen (secondary N) is 2. The largest absolute Gasteiger partial charge is 0.290 e. The van der Waals surface area contributed by atoms with Crippen molar-refractivity contribution in [3.63, 3.8) is 0 Å². The van der Waals surface area contributed by atoms with Crippen molar-refractivity contribution >= 4 is 32.4 Å². The molecule has 0 saturated carbocycles. The number of hydrogen-bond acceptors (Lipinski definition) is 6. The summed E-state index contributed by atoms with van der Waals surface area (Å²) < 4.78 is 24.1. The molecular formula is C16H18N4O5S. The van der Waals surface area contributed by atoms with Crippen molar-refractivity contribution in [3.05, 3.63) is 40.3 Å². The van der Waals surface area contributed by atoms with Gasteiger partial charge in [0, 0.05) is 11.9 Å². The maximum Gasteiger partial charge on any atom is 0.290 e. The molecule has 9 nitrogen and oxygen atoms in total. The standard InChI is InChI=1S/C16H18N4O5S/c1-2-20-16(23)12-6-4-3-5-11(12)13(19-20)15(22)18-17-14(21)10-7-8-26(24,25)9-10/h3-6,10H,2,7-9H2,1H3,(H,17,21)(H,18,22)/t10-/m0/s1. The van der Waals surface area contributed by atoms with Crippen LogP contribution >= 0.6 is 0 Å². The van der Waals surface area contributed by atoms with Crippen LogP contribution < -0.4 is 16.4 Å². The molecule has 0 aliphatic carbocycles. The summed E-state index contributed by atoms with van der Waals surface area (Å²) in [6, 6.07) is 6.57. The maximum atomic E-state index is 12.5. The van der Waals surface area contributed by atoms with Crippen LogP contribution in [0.5, 0.6) is 0 Å². The molecule has 0 radical (unpaired) electrons. The molecule has 2 heterocycles. The Balaban J connectivity index is 1.81. The van der Waals surface area contributed by atoms with E-state index in [1.807, 2.05) is 0 Å². The number of carbonyl (C=O) groups excluding carboxylic acids is 2. The molecular weight excluding hydrogens is 360 g/mol. The van der Waals surface area contributed by atoms with E-state index in [0.29, 0.717) is 10.8 Å². The van der Waals surface area contributed by atoms with Crippen molar-refractivity contribution in [1.29, 1.82) is 0 Å². The van der Waals surface area contributed by atoms with Gasteiger partial charge in [0.1, 0.15) is 0 Å². The van der Waals surface area contributed by atoms with Gasteiger partial charge in [-0.1, -0.05) is 18.2 Å². The van der Waals surface area contributed by atoms with E-state index in [4.69, 9.17) is 0 Å². The van der Waals surface area contributed by atoms with E-state index in [1.54, 1.807) is 31.2 Å². The Hall–Kier alpha value is -2.75. The van der Waals surface area contributed by atoms with Gasteiger partial charge in [-0.2, -0.15) is 5.10 Å². The van der Waals surface area contributed by atoms with Crippen LogP contribution in [-0.4, -0.2) is 41.5 Å². The van der Waals surface area contributed by atoms with Crippen LogP contribution in [0.15, 0.2) is 29.1 Å². The molecule has 0 spiro atoms. The molecule has 1 atom stereocenters. The number of benzene rings is 1. The van der Waals surface area contributed by atoms with E-state index in [1.165, 1.54) is 4.68 Å². The zero-order valence-electron chi connectivity index (χ0n) is 14.1. The summed E-state index contributed by atoms with van der Waals surface area (Å²) in [7, 11) is -3.20. The van der Waals surface area contributed by atoms with Crippen molar-refractivity contribution in [2.75, 3.05) is 11.5 Å². The summed E-state index contributed by atoms with van der Waals surface area (Å²) in [5.74, 6) is -2.19. The van der Waals surface area contributed by atoms with Gasteiger partial charge in [0.15, 0.2) is 15.5 Å². The Kier molecular flexibility index (Phi) is 4.77. The van der Waals surface area contributed by atoms with Crippen LogP contribution in [0.25, 0.3) is 10.8 Å². The highest BCUT2D eigenvalue weighted by Gasteiger charge is 2.33. The van der Waals surface area contributed by atoms with Gasteiger partial charge >= 0.3 is 0 Å². The summed E-state index contributed by atoms with van der Waals surface area (Å²) in [5, 5.41) is 4.78. The smallest absolute Gasteiger partial charge is 0.273 e. The van der Waals surface area contributed by atoms with Gasteiger partial charge in [0.2, 0.25) is 5.91 Å². The summed E-state index contributed by atoms with van der Waals surface area (Å²) in [4.78, 5) is 36.8. The van der Waals surface area contributed by atoms with Crippen molar-refractivity contribution in [3.8, 4) is 0 Å². The highest BCUT2D eigenvalue weighted by atomic mass is 32.2. The highest BCUT2D eigenvalue weighted by Crippen LogP contribution is 2.18. The first kappa shape index (κ1) is 18.1. The Labute approximate surface area is 149 Å². The number of hydrazine groups is 1. The Bertz CT molecular complexity index is 1040. The number of amides is 2. The third-order valence-electron chi connectivity index (χ3n) is 4.28. The number of hydrogen-bond donors (Lipinski definition) is 2. The van der Waals surface area contributed by atoms with Crippen LogP contribution in [0.2, 0.25) is 0 Å². The third-order valence-corrected chi connectivity index (χ3v) is 6.05. The topological polar surface area (TPSA) is 127 Å². The zero-order chi connectivity index (χ0) is 18.9. The molecule has 3 rings (SSSR count). The van der Waals surface area contributed by atoms with Gasteiger partial charge in [-0.3, -0.25) is 25.2 Å². The van der Waals surface area contributed by atoms with Gasteiger partial charge in [0.05, 0.1) is 22.8 Å². The predicted octanol–water partition coefficient (Wildman–Crippen LogP) is -0.388. The predicted molar refractivity (Wildman–Crippen MR) is 94.0 cm³/mol. The molecule has 1 aromatic carbocycles. The Morgan fingerprint density at radius 2 is 1.92 bits per heavy atom. The molecule has 2 N–H and O–H groups in total. The van der Waals surface area contributed by atoms with Crippen molar-refractivity contribution in [2.24, 2.45) is 5.92 Å². The number of sulfone groups is 1. The molecule has 1 fully saturated rings. The van der Waals surface area contributed by atoms with Crippen LogP contribution in [0.3, 0.4) is 0 Å². The molecule has 0 bridgehead atoms. The minimum atomic E-state index is -3.20. The lowest BCUT2D eigenvalue weighted by molar-refractivity contribution is -0.125. The molecule has 10 heteroatoms. The van der Waals surface area contributed by atoms with Gasteiger partial charge in [0.25, 0.3) is 11.5 Å². The molecule has 1 aromatic heterocycles. The quantitative estimate of drug-likeness (QED) is 0.701. The summed E-state index contributed by atoms with van der Waals surface area (Å²) in [6.07, 6.45) is 0.228. The second-order valence-electron chi connectivity index (χ2n) is 6.06. The SMILES string of the molecule is CCn1nc(C(=O)NNC(=O)[C@H]2CCS(=O)(=O)C2)c2ccccc2c1=O. The van der Waals surface area contributed by atoms with Gasteiger partial charge in [-0.15, -0.1) is 0 Å². The first-order chi connectivity index (χ1) is 12.3. The van der Waals surface area contributed by atoms with E-state index in [0.717, 1.165) is 0 Å². The van der Waals surface area contributed by atoms with E-state index in [9.17, 15) is 22.8 Å². The van der Waals surface area contributed by atoms with Crippen molar-refractivity contribution < 1.29 is 18.0 Å². The van der Waals surface area contributed by atoms with Gasteiger partial charge in [-0.05, 0) is 19.4 Å². The molecule has 1 aliphatic rings. The monoisotopic (exact) mass is 378 g/mol. The molecule has 138 valence electrons. The van der Waals surface area contributed by atoms with Crippen molar-refractivity contribution in [2.45, 2.75) is 19.9 Å². The maximum absolute atomic E-state index is 12.5. The fourth-order valence-corrected chi connectivity index (χ4v) is 4.64. The summed E-state index contributed by atoms with van der Waals surface area (Å²) in [5.41, 5.74) is 4.20. The van der Waals surface area contributed by atoms with Crippen LogP contribution in [0.1, 0.15) is 23.8 Å². The fraction of sp³-hybridized carbons (Fsp3) is 0.375. The van der Waals surface area contributed by atoms with E-state index >= 15 is 0 Å². The normalized spacial score (nSPS) is 18.6. The number of fused-ring (bicyclic) bond motifs is 1. The first-order valence-corrected chi connectivity index (χ1v) is 9.95. The lowest BCUT2D eigenvalue weighted by Gasteiger charge is -2.12. The molecule has 26 heavy (non-hydrogen) atoms. The average molecular weight is 378 g/mol. The fourth-order valence-electron chi connectivity index (χ4n) is 2.90. The lowest BCUT2D eigenvalue weighted by atomic mass is 10.1. The number of aryl methyl sites for hydroxylation is 1. The lowest BCUT2D eigenvalue weighted by Crippen LogP contribution is -2.45. The van der Waals surface area contributed by atoms with E-state index < -0.39 is 27.6 Å². The number of aromatic nitrogens is 2. The second-order valence-corrected chi connectivity index (χ2v) is 8.29. The number of carbonyl (C=O) groups is 2. The number of rotatable bonds is 3. The molecule has 2 amide bonds. The van der Waals surface area contributed by atoms with Gasteiger partial charge in [-0.25, -0.2) is 13.1 Å². The van der Waals surface area contributed by atoms with Gasteiger partial charge < -0.3 is 0 Å². The van der Waals surface area contributed by atoms with Crippen LogP contribution in [0.4, 0.5) is 0 Å². The molecule has 0 unspecified atom stereocenters. The van der Waals surface area contributed by atoms with Crippen molar-refractivity contribution in [1.82, 2.24) is 20.6 Å². The molecule has 2 aromatic rings.